The van der Waals surface area contributed by atoms with Crippen molar-refractivity contribution < 1.29 is 59.9 Å². The Morgan fingerprint density at radius 3 is 2.39 bits per heavy atom. The molecule has 1 aromatic heterocycles. The topological polar surface area (TPSA) is 260 Å². The molecule has 3 aromatic rings. The highest BCUT2D eigenvalue weighted by molar-refractivity contribution is 6.34. The third kappa shape index (κ3) is 11.3. The summed E-state index contributed by atoms with van der Waals surface area (Å²) in [6.07, 6.45) is 4.29. The largest absolute Gasteiger partial charge is 0.492 e. The summed E-state index contributed by atoms with van der Waals surface area (Å²) in [4.78, 5) is 33.0. The Labute approximate surface area is 286 Å². The third-order valence-electron chi connectivity index (χ3n) is 7.51. The molecule has 0 amide bonds. The molecule has 18 heteroatoms. The second-order valence-corrected chi connectivity index (χ2v) is 11.2. The summed E-state index contributed by atoms with van der Waals surface area (Å²) in [5.41, 5.74) is 1.30. The van der Waals surface area contributed by atoms with Gasteiger partial charge < -0.3 is 60.5 Å². The lowest BCUT2D eigenvalue weighted by molar-refractivity contribution is -0.134. The molecule has 17 nitrogen and oxygen atoms in total. The minimum atomic E-state index is -1.26. The van der Waals surface area contributed by atoms with E-state index in [-0.39, 0.29) is 29.3 Å². The van der Waals surface area contributed by atoms with Crippen LogP contribution in [0.2, 0.25) is 5.02 Å². The number of piperazine rings is 1. The van der Waals surface area contributed by atoms with Crippen LogP contribution in [0.1, 0.15) is 12.8 Å². The number of benzene rings is 2. The van der Waals surface area contributed by atoms with Gasteiger partial charge in [0, 0.05) is 69.9 Å². The molecule has 3 aliphatic heterocycles. The molecule has 49 heavy (non-hydrogen) atoms. The number of nitrogens with zero attached hydrogens (tertiary/aromatic N) is 4. The average Bonchev–Trinajstić information content (AvgIpc) is 3.52. The van der Waals surface area contributed by atoms with E-state index in [1.165, 1.54) is 6.33 Å². The summed E-state index contributed by atoms with van der Waals surface area (Å²) in [5, 5.41) is 20.2. The van der Waals surface area contributed by atoms with E-state index in [0.29, 0.717) is 77.0 Å². The lowest BCUT2D eigenvalue weighted by Gasteiger charge is -2.32. The van der Waals surface area contributed by atoms with Gasteiger partial charge in [-0.2, -0.15) is 0 Å². The smallest absolute Gasteiger partial charge is 0.328 e. The predicted molar refractivity (Wildman–Crippen MR) is 180 cm³/mol. The first-order chi connectivity index (χ1) is 22.3. The fourth-order valence-corrected chi connectivity index (χ4v) is 5.26. The van der Waals surface area contributed by atoms with Gasteiger partial charge in [-0.15, -0.1) is 0 Å². The Hall–Kier alpha value is -4.49. The number of likely N-dealkylation sites (N-methyl/N-ethyl adjacent to an activating group) is 1. The zero-order valence-electron chi connectivity index (χ0n) is 26.8. The molecule has 9 N–H and O–H groups in total. The number of anilines is 2. The van der Waals surface area contributed by atoms with Crippen molar-refractivity contribution in [3.8, 4) is 23.0 Å². The number of carbonyl (C=O) groups is 2. The van der Waals surface area contributed by atoms with Crippen molar-refractivity contribution >= 4 is 45.9 Å². The van der Waals surface area contributed by atoms with Crippen LogP contribution >= 0.6 is 11.6 Å². The van der Waals surface area contributed by atoms with E-state index in [9.17, 15) is 9.59 Å². The van der Waals surface area contributed by atoms with Gasteiger partial charge in [-0.3, -0.25) is 4.90 Å². The molecule has 0 saturated carbocycles. The van der Waals surface area contributed by atoms with E-state index in [2.05, 4.69) is 32.1 Å². The molecular formula is C31H42ClN5O12. The number of hydrogen-bond acceptors (Lipinski definition) is 12. The molecule has 3 aliphatic rings. The number of ether oxygens (including phenoxy) is 5. The van der Waals surface area contributed by atoms with Crippen LogP contribution in [0.5, 0.6) is 23.0 Å². The first kappa shape index (κ1) is 40.7. The van der Waals surface area contributed by atoms with Crippen LogP contribution in [0.15, 0.2) is 42.7 Å². The summed E-state index contributed by atoms with van der Waals surface area (Å²) in [6.45, 7) is 7.22. The maximum absolute atomic E-state index is 9.55. The van der Waals surface area contributed by atoms with Crippen LogP contribution in [0.3, 0.4) is 0 Å². The van der Waals surface area contributed by atoms with Crippen molar-refractivity contribution in [2.75, 3.05) is 71.7 Å². The highest BCUT2D eigenvalue weighted by atomic mass is 35.5. The lowest BCUT2D eigenvalue weighted by Crippen LogP contribution is -2.45. The second-order valence-electron chi connectivity index (χ2n) is 10.8. The van der Waals surface area contributed by atoms with Crippen molar-refractivity contribution in [1.29, 1.82) is 0 Å². The van der Waals surface area contributed by atoms with Crippen LogP contribution in [-0.2, 0) is 14.3 Å². The van der Waals surface area contributed by atoms with Crippen LogP contribution in [-0.4, -0.2) is 131 Å². The predicted octanol–water partition coefficient (Wildman–Crippen LogP) is 1.18. The van der Waals surface area contributed by atoms with Crippen molar-refractivity contribution in [3.05, 3.63) is 47.8 Å². The Balaban J connectivity index is 0.000000680. The number of rotatable bonds is 10. The molecule has 0 unspecified atom stereocenters. The molecule has 0 spiro atoms. The maximum Gasteiger partial charge on any atom is 0.328 e. The molecule has 0 aliphatic carbocycles. The lowest BCUT2D eigenvalue weighted by atomic mass is 10.1. The number of nitrogens with one attached hydrogen (secondary N) is 1. The van der Waals surface area contributed by atoms with Gasteiger partial charge >= 0.3 is 11.9 Å². The average molecular weight is 712 g/mol. The molecule has 0 radical (unpaired) electrons. The molecule has 270 valence electrons. The normalized spacial score (nSPS) is 16.0. The molecule has 2 saturated heterocycles. The highest BCUT2D eigenvalue weighted by Gasteiger charge is 2.24. The third-order valence-corrected chi connectivity index (χ3v) is 7.82. The first-order valence-electron chi connectivity index (χ1n) is 14.8. The number of carboxylic acids is 2. The SMILES string of the molecule is CN1CCN(CCOc2cc(OC3CCOCC3)c3c(Nc4c(Cl)ccc5c4OCO5)ncnc3c2)CC1.O.O.O.O=C(O)/C=C/C(=O)O. The van der Waals surface area contributed by atoms with Gasteiger partial charge in [-0.1, -0.05) is 11.6 Å². The number of halogens is 1. The molecule has 0 bridgehead atoms. The standard InChI is InChI=1S/C27H32ClN5O5.C4H4O4.3H2O/c1-32-6-8-33(9-7-32)10-13-35-19-14-21-24(23(15-19)38-18-4-11-34-12-5-18)27(30-16-29-21)31-25-20(28)2-3-22-26(25)37-17-36-22;5-3(6)1-2-4(7)8;;;/h2-3,14-16,18H,4-13,17H2,1H3,(H,29,30,31);1-2H,(H,5,6)(H,7,8);3*1H2/b;2-1+;;;. The van der Waals surface area contributed by atoms with Gasteiger partial charge in [0.05, 0.1) is 29.1 Å². The van der Waals surface area contributed by atoms with Crippen molar-refractivity contribution in [2.24, 2.45) is 0 Å². The van der Waals surface area contributed by atoms with Gasteiger partial charge in [-0.25, -0.2) is 19.6 Å². The van der Waals surface area contributed by atoms with Gasteiger partial charge in [-0.05, 0) is 19.2 Å². The number of fused-ring (bicyclic) bond motifs is 2. The molecular weight excluding hydrogens is 670 g/mol. The summed E-state index contributed by atoms with van der Waals surface area (Å²) >= 11 is 6.55. The first-order valence-corrected chi connectivity index (χ1v) is 15.2. The Bertz CT molecular complexity index is 1550. The van der Waals surface area contributed by atoms with Gasteiger partial charge in [0.2, 0.25) is 6.79 Å². The Morgan fingerprint density at radius 1 is 1.02 bits per heavy atom. The molecule has 2 aromatic carbocycles. The maximum atomic E-state index is 9.55. The van der Waals surface area contributed by atoms with Gasteiger partial charge in [0.15, 0.2) is 11.5 Å². The van der Waals surface area contributed by atoms with Gasteiger partial charge in [0.25, 0.3) is 0 Å². The summed E-state index contributed by atoms with van der Waals surface area (Å²) in [5.74, 6) is 0.610. The number of carboxylic acid groups (broad SMARTS) is 2. The summed E-state index contributed by atoms with van der Waals surface area (Å²) < 4.78 is 29.5. The van der Waals surface area contributed by atoms with Crippen LogP contribution < -0.4 is 24.3 Å². The van der Waals surface area contributed by atoms with E-state index in [4.69, 9.17) is 45.5 Å². The van der Waals surface area contributed by atoms with Crippen LogP contribution in [0.4, 0.5) is 11.5 Å². The van der Waals surface area contributed by atoms with Crippen LogP contribution in [0, 0.1) is 0 Å². The fourth-order valence-electron chi connectivity index (χ4n) is 5.06. The minimum Gasteiger partial charge on any atom is -0.492 e. The van der Waals surface area contributed by atoms with Crippen molar-refractivity contribution in [2.45, 2.75) is 18.9 Å². The molecule has 0 atom stereocenters. The van der Waals surface area contributed by atoms with E-state index in [1.54, 1.807) is 12.1 Å². The minimum absolute atomic E-state index is 0. The summed E-state index contributed by atoms with van der Waals surface area (Å²) in [6, 6.07) is 7.43. The molecule has 4 heterocycles. The Kier molecular flexibility index (Phi) is 16.2. The number of aliphatic carboxylic acids is 2. The van der Waals surface area contributed by atoms with Crippen molar-refractivity contribution in [3.63, 3.8) is 0 Å². The number of aromatic nitrogens is 2. The van der Waals surface area contributed by atoms with Crippen molar-refractivity contribution in [1.82, 2.24) is 19.8 Å². The quantitative estimate of drug-likeness (QED) is 0.250. The molecule has 6 rings (SSSR count). The van der Waals surface area contributed by atoms with E-state index in [0.717, 1.165) is 51.0 Å². The summed E-state index contributed by atoms with van der Waals surface area (Å²) in [7, 11) is 2.16. The zero-order valence-corrected chi connectivity index (χ0v) is 27.6. The number of hydrogen-bond donors (Lipinski definition) is 3. The zero-order chi connectivity index (χ0) is 32.5. The van der Waals surface area contributed by atoms with E-state index in [1.807, 2.05) is 12.1 Å². The monoisotopic (exact) mass is 711 g/mol. The Morgan fingerprint density at radius 2 is 1.71 bits per heavy atom. The fraction of sp³-hybridized carbons (Fsp3) is 0.419. The van der Waals surface area contributed by atoms with E-state index >= 15 is 0 Å². The second kappa shape index (κ2) is 19.5. The van der Waals surface area contributed by atoms with Crippen LogP contribution in [0.25, 0.3) is 10.9 Å². The van der Waals surface area contributed by atoms with Gasteiger partial charge in [0.1, 0.15) is 42.0 Å². The van der Waals surface area contributed by atoms with E-state index < -0.39 is 11.9 Å². The highest BCUT2D eigenvalue weighted by Crippen LogP contribution is 2.46. The molecule has 2 fully saturated rings.